The van der Waals surface area contributed by atoms with Crippen molar-refractivity contribution >= 4 is 84.2 Å². The standard InChI is InChI=1S/C31H38N6O3S.C16H18ClN3O2S/c1-20-18-39-11-10-37(20)31(38)21-5-6-24-27(15-21)41-30-28(24)29(33-19-34-30)35-25-13-22-16-32-17-23(22)14-26(25)40-12-9-36-7-3-2-4-8-36;1-9-7-22-5-4-20(9)16(21)10-2-3-11-12(6-10)23-15-13(11)14(17)18-8-19-15/h13-14,16,19-21H,2-12,15,17-18H2,1H3,(H,33,34,35);8-10H,2-7H2,1H3/t20-,21+;9-,10+/m11/s1. The zero-order valence-corrected chi connectivity index (χ0v) is 39.0. The number of hydrogen-bond donors (Lipinski definition) is 1. The van der Waals surface area contributed by atoms with Crippen LogP contribution in [0.1, 0.15) is 78.0 Å². The summed E-state index contributed by atoms with van der Waals surface area (Å²) in [6.07, 6.45) is 13.9. The Hall–Kier alpha value is -4.32. The summed E-state index contributed by atoms with van der Waals surface area (Å²) in [5, 5.41) is 6.22. The molecule has 338 valence electrons. The van der Waals surface area contributed by atoms with Crippen molar-refractivity contribution in [3.63, 3.8) is 0 Å². The smallest absolute Gasteiger partial charge is 0.226 e. The van der Waals surface area contributed by atoms with Gasteiger partial charge in [0.25, 0.3) is 0 Å². The molecule has 1 aromatic carbocycles. The van der Waals surface area contributed by atoms with Gasteiger partial charge in [-0.05, 0) is 113 Å². The minimum atomic E-state index is 0.0105. The number of likely N-dealkylation sites (tertiary alicyclic amines) is 1. The van der Waals surface area contributed by atoms with Crippen molar-refractivity contribution in [1.82, 2.24) is 34.6 Å². The molecular weight excluding hydrogens is 870 g/mol. The number of benzene rings is 1. The molecule has 3 saturated heterocycles. The van der Waals surface area contributed by atoms with E-state index in [1.54, 1.807) is 29.0 Å². The molecule has 4 aliphatic heterocycles. The highest BCUT2D eigenvalue weighted by atomic mass is 35.5. The summed E-state index contributed by atoms with van der Waals surface area (Å²) >= 11 is 9.60. The number of halogens is 1. The Bertz CT molecular complexity index is 2560. The molecule has 17 heteroatoms. The van der Waals surface area contributed by atoms with E-state index in [-0.39, 0.29) is 35.7 Å². The lowest BCUT2D eigenvalue weighted by Crippen LogP contribution is -2.50. The van der Waals surface area contributed by atoms with Gasteiger partial charge in [-0.15, -0.1) is 22.7 Å². The van der Waals surface area contributed by atoms with Gasteiger partial charge in [0, 0.05) is 47.4 Å². The Morgan fingerprint density at radius 1 is 0.812 bits per heavy atom. The van der Waals surface area contributed by atoms with Crippen LogP contribution in [0.25, 0.3) is 20.4 Å². The molecule has 6 aliphatic rings. The van der Waals surface area contributed by atoms with E-state index < -0.39 is 0 Å². The van der Waals surface area contributed by atoms with Crippen LogP contribution >= 0.6 is 34.3 Å². The van der Waals surface area contributed by atoms with Gasteiger partial charge in [0.05, 0.1) is 61.5 Å². The highest BCUT2D eigenvalue weighted by Gasteiger charge is 2.36. The molecule has 3 fully saturated rings. The zero-order chi connectivity index (χ0) is 43.7. The number of ether oxygens (including phenoxy) is 3. The molecule has 2 aliphatic carbocycles. The minimum absolute atomic E-state index is 0.0105. The van der Waals surface area contributed by atoms with Gasteiger partial charge in [-0.2, -0.15) is 0 Å². The average Bonchev–Trinajstić information content (AvgIpc) is 4.05. The Labute approximate surface area is 386 Å². The number of fused-ring (bicyclic) bond motifs is 7. The molecule has 4 atom stereocenters. The summed E-state index contributed by atoms with van der Waals surface area (Å²) in [7, 11) is 0. The van der Waals surface area contributed by atoms with Crippen LogP contribution in [0.2, 0.25) is 5.15 Å². The van der Waals surface area contributed by atoms with E-state index in [1.807, 2.05) is 16.0 Å². The number of carbonyl (C=O) groups excluding carboxylic acids is 2. The minimum Gasteiger partial charge on any atom is -0.490 e. The fourth-order valence-electron chi connectivity index (χ4n) is 10.2. The molecule has 0 saturated carbocycles. The highest BCUT2D eigenvalue weighted by molar-refractivity contribution is 7.19. The van der Waals surface area contributed by atoms with Gasteiger partial charge in [0.1, 0.15) is 45.6 Å². The van der Waals surface area contributed by atoms with Gasteiger partial charge in [0.15, 0.2) is 0 Å². The van der Waals surface area contributed by atoms with Crippen molar-refractivity contribution in [3.8, 4) is 5.75 Å². The summed E-state index contributed by atoms with van der Waals surface area (Å²) < 4.78 is 17.4. The van der Waals surface area contributed by atoms with Gasteiger partial charge in [0.2, 0.25) is 11.8 Å². The predicted molar refractivity (Wildman–Crippen MR) is 252 cm³/mol. The van der Waals surface area contributed by atoms with Crippen molar-refractivity contribution in [2.45, 2.75) is 90.3 Å². The average molecular weight is 927 g/mol. The number of hydrogen-bond acceptors (Lipinski definition) is 14. The third kappa shape index (κ3) is 8.98. The second-order valence-electron chi connectivity index (χ2n) is 17.9. The van der Waals surface area contributed by atoms with Gasteiger partial charge >= 0.3 is 0 Å². The number of piperidine rings is 1. The summed E-state index contributed by atoms with van der Waals surface area (Å²) in [6, 6.07) is 4.56. The first-order chi connectivity index (χ1) is 31.3. The van der Waals surface area contributed by atoms with Gasteiger partial charge in [-0.3, -0.25) is 19.5 Å². The van der Waals surface area contributed by atoms with Crippen molar-refractivity contribution in [2.24, 2.45) is 16.8 Å². The Balaban J connectivity index is 0.000000178. The topological polar surface area (TPSA) is 148 Å². The molecule has 0 spiro atoms. The first-order valence-corrected chi connectivity index (χ1v) is 25.0. The van der Waals surface area contributed by atoms with Crippen LogP contribution in [-0.4, -0.2) is 131 Å². The van der Waals surface area contributed by atoms with Crippen LogP contribution in [-0.2, 0) is 51.3 Å². The lowest BCUT2D eigenvalue weighted by atomic mass is 9.86. The maximum Gasteiger partial charge on any atom is 0.226 e. The Morgan fingerprint density at radius 3 is 2.09 bits per heavy atom. The zero-order valence-electron chi connectivity index (χ0n) is 36.7. The predicted octanol–water partition coefficient (Wildman–Crippen LogP) is 7.28. The van der Waals surface area contributed by atoms with Crippen LogP contribution in [0.15, 0.2) is 29.8 Å². The van der Waals surface area contributed by atoms with Gasteiger partial charge < -0.3 is 29.3 Å². The van der Waals surface area contributed by atoms with Gasteiger partial charge in [-0.25, -0.2) is 19.9 Å². The summed E-state index contributed by atoms with van der Waals surface area (Å²) in [6.45, 7) is 12.6. The Kier molecular flexibility index (Phi) is 13.1. The summed E-state index contributed by atoms with van der Waals surface area (Å²) in [4.78, 5) is 59.4. The van der Waals surface area contributed by atoms with E-state index >= 15 is 0 Å². The maximum atomic E-state index is 13.4. The van der Waals surface area contributed by atoms with E-state index in [9.17, 15) is 9.59 Å². The number of aromatic nitrogens is 4. The molecule has 2 amide bonds. The molecule has 0 unspecified atom stereocenters. The fourth-order valence-corrected chi connectivity index (χ4v) is 13.1. The Morgan fingerprint density at radius 2 is 1.44 bits per heavy atom. The number of amides is 2. The fraction of sp³-hybridized carbons (Fsp3) is 0.553. The highest BCUT2D eigenvalue weighted by Crippen LogP contribution is 2.43. The number of rotatable bonds is 8. The molecule has 64 heavy (non-hydrogen) atoms. The van der Waals surface area contributed by atoms with E-state index in [1.165, 1.54) is 52.0 Å². The van der Waals surface area contributed by atoms with Crippen LogP contribution in [0.3, 0.4) is 0 Å². The first-order valence-electron chi connectivity index (χ1n) is 23.0. The number of anilines is 2. The molecule has 14 nitrogen and oxygen atoms in total. The largest absolute Gasteiger partial charge is 0.490 e. The third-order valence-electron chi connectivity index (χ3n) is 13.7. The normalized spacial score (nSPS) is 23.3. The molecule has 5 aromatic rings. The molecular formula is C47H56ClN9O5S2. The quantitative estimate of drug-likeness (QED) is 0.157. The molecule has 1 N–H and O–H groups in total. The molecule has 8 heterocycles. The van der Waals surface area contributed by atoms with E-state index in [0.717, 1.165) is 101 Å². The maximum absolute atomic E-state index is 13.4. The van der Waals surface area contributed by atoms with Crippen molar-refractivity contribution < 1.29 is 23.8 Å². The number of thiophene rings is 2. The lowest BCUT2D eigenvalue weighted by molar-refractivity contribution is -0.144. The first kappa shape index (κ1) is 43.6. The summed E-state index contributed by atoms with van der Waals surface area (Å²) in [5.41, 5.74) is 5.74. The molecule has 0 radical (unpaired) electrons. The number of nitrogens with zero attached hydrogens (tertiary/aromatic N) is 8. The van der Waals surface area contributed by atoms with Crippen LogP contribution in [0, 0.1) is 11.8 Å². The number of carbonyl (C=O) groups is 2. The van der Waals surface area contributed by atoms with Crippen molar-refractivity contribution in [1.29, 1.82) is 0 Å². The molecule has 11 rings (SSSR count). The van der Waals surface area contributed by atoms with Gasteiger partial charge in [-0.1, -0.05) is 18.0 Å². The van der Waals surface area contributed by atoms with E-state index in [2.05, 4.69) is 56.1 Å². The lowest BCUT2D eigenvalue weighted by Gasteiger charge is -2.36. The molecule has 0 bridgehead atoms. The number of morpholine rings is 2. The van der Waals surface area contributed by atoms with E-state index in [0.29, 0.717) is 57.8 Å². The van der Waals surface area contributed by atoms with Crippen LogP contribution in [0.4, 0.5) is 11.5 Å². The van der Waals surface area contributed by atoms with Crippen molar-refractivity contribution in [2.75, 3.05) is 71.1 Å². The van der Waals surface area contributed by atoms with Crippen molar-refractivity contribution in [3.05, 3.63) is 61.9 Å². The SMILES string of the molecule is C[C@@H]1COCCN1C(=O)[C@H]1CCc2c(sc3ncnc(Cl)c23)C1.C[C@@H]1COCCN1C(=O)[C@H]1CCc2c(sc3ncnc(Nc4cc5c(cc4OCCN4CCCCC4)CN=C5)c23)C1. The monoisotopic (exact) mass is 925 g/mol. The second-order valence-corrected chi connectivity index (χ2v) is 20.5. The third-order valence-corrected chi connectivity index (χ3v) is 16.4. The van der Waals surface area contributed by atoms with Crippen LogP contribution in [0.5, 0.6) is 5.75 Å². The summed E-state index contributed by atoms with van der Waals surface area (Å²) in [5.74, 6) is 2.24. The number of aryl methyl sites for hydroxylation is 2. The second kappa shape index (κ2) is 19.3. The van der Waals surface area contributed by atoms with E-state index in [4.69, 9.17) is 30.8 Å². The number of aliphatic imine (C=N–C) groups is 1. The number of nitrogens with one attached hydrogen (secondary N) is 1. The molecule has 4 aromatic heterocycles. The van der Waals surface area contributed by atoms with Crippen LogP contribution < -0.4 is 10.1 Å².